The molecule has 9 heteroatoms. The number of aromatic nitrogens is 2. The minimum Gasteiger partial charge on any atom is -0.449 e. The number of ether oxygens (including phenoxy) is 1. The van der Waals surface area contributed by atoms with Crippen molar-refractivity contribution in [1.29, 1.82) is 0 Å². The normalized spacial score (nSPS) is 11.7. The standard InChI is InChI=1S/C21H22N4O4S/c1-13(2)25-18(9-10-22-25)24-19(26)14(3)29-21(28)15-6-4-7-16(12-15)23-20(27)17-8-5-11-30-17/h4-14H,1-3H3,(H,23,27)(H,24,26)/t14-/m0/s1. The van der Waals surface area contributed by atoms with Gasteiger partial charge in [0.15, 0.2) is 6.10 Å². The summed E-state index contributed by atoms with van der Waals surface area (Å²) in [5.74, 6) is -0.864. The molecule has 2 heterocycles. The van der Waals surface area contributed by atoms with E-state index in [4.69, 9.17) is 4.74 Å². The van der Waals surface area contributed by atoms with Crippen molar-refractivity contribution >= 4 is 40.6 Å². The van der Waals surface area contributed by atoms with Crippen LogP contribution in [0.1, 0.15) is 46.8 Å². The fourth-order valence-corrected chi connectivity index (χ4v) is 3.28. The van der Waals surface area contributed by atoms with E-state index in [2.05, 4.69) is 15.7 Å². The number of benzene rings is 1. The number of nitrogens with zero attached hydrogens (tertiary/aromatic N) is 2. The molecule has 0 spiro atoms. The molecule has 3 aromatic rings. The van der Waals surface area contributed by atoms with E-state index in [1.54, 1.807) is 47.3 Å². The van der Waals surface area contributed by atoms with Crippen LogP contribution in [0.25, 0.3) is 0 Å². The molecule has 0 aliphatic rings. The molecular formula is C21H22N4O4S. The van der Waals surface area contributed by atoms with Gasteiger partial charge in [-0.15, -0.1) is 11.3 Å². The van der Waals surface area contributed by atoms with Gasteiger partial charge in [-0.2, -0.15) is 5.10 Å². The summed E-state index contributed by atoms with van der Waals surface area (Å²) >= 11 is 1.32. The molecule has 0 bridgehead atoms. The summed E-state index contributed by atoms with van der Waals surface area (Å²) in [6.45, 7) is 5.37. The van der Waals surface area contributed by atoms with E-state index in [1.807, 2.05) is 19.2 Å². The van der Waals surface area contributed by atoms with Crippen LogP contribution in [-0.2, 0) is 9.53 Å². The third kappa shape index (κ3) is 5.12. The first kappa shape index (κ1) is 21.3. The maximum Gasteiger partial charge on any atom is 0.338 e. The number of nitrogens with one attached hydrogen (secondary N) is 2. The van der Waals surface area contributed by atoms with Crippen LogP contribution in [0.3, 0.4) is 0 Å². The van der Waals surface area contributed by atoms with Crippen LogP contribution in [-0.4, -0.2) is 33.7 Å². The van der Waals surface area contributed by atoms with Crippen LogP contribution in [0.2, 0.25) is 0 Å². The van der Waals surface area contributed by atoms with E-state index >= 15 is 0 Å². The van der Waals surface area contributed by atoms with Gasteiger partial charge < -0.3 is 15.4 Å². The fourth-order valence-electron chi connectivity index (χ4n) is 2.66. The molecule has 0 aliphatic carbocycles. The molecule has 1 aromatic carbocycles. The van der Waals surface area contributed by atoms with Crippen LogP contribution in [0.4, 0.5) is 11.5 Å². The molecular weight excluding hydrogens is 404 g/mol. The van der Waals surface area contributed by atoms with Gasteiger partial charge in [0.25, 0.3) is 11.8 Å². The highest BCUT2D eigenvalue weighted by molar-refractivity contribution is 7.12. The van der Waals surface area contributed by atoms with Crippen LogP contribution in [0.15, 0.2) is 54.0 Å². The molecule has 8 nitrogen and oxygen atoms in total. The smallest absolute Gasteiger partial charge is 0.338 e. The topological polar surface area (TPSA) is 102 Å². The molecule has 156 valence electrons. The summed E-state index contributed by atoms with van der Waals surface area (Å²) in [5.41, 5.74) is 0.687. The highest BCUT2D eigenvalue weighted by Gasteiger charge is 2.21. The van der Waals surface area contributed by atoms with Crippen LogP contribution in [0, 0.1) is 0 Å². The second kappa shape index (κ2) is 9.36. The number of carbonyl (C=O) groups excluding carboxylic acids is 3. The summed E-state index contributed by atoms with van der Waals surface area (Å²) in [7, 11) is 0. The van der Waals surface area contributed by atoms with Crippen molar-refractivity contribution in [1.82, 2.24) is 9.78 Å². The zero-order chi connectivity index (χ0) is 21.7. The first-order chi connectivity index (χ1) is 14.3. The van der Waals surface area contributed by atoms with Crippen molar-refractivity contribution in [3.8, 4) is 0 Å². The molecule has 2 N–H and O–H groups in total. The molecule has 0 unspecified atom stereocenters. The molecule has 0 saturated carbocycles. The van der Waals surface area contributed by atoms with Gasteiger partial charge in [0.1, 0.15) is 5.82 Å². The number of hydrogen-bond acceptors (Lipinski definition) is 6. The first-order valence-electron chi connectivity index (χ1n) is 9.35. The molecule has 1 atom stereocenters. The third-order valence-electron chi connectivity index (χ3n) is 4.16. The highest BCUT2D eigenvalue weighted by atomic mass is 32.1. The number of carbonyl (C=O) groups is 3. The molecule has 0 saturated heterocycles. The number of amides is 2. The Hall–Kier alpha value is -3.46. The van der Waals surface area contributed by atoms with E-state index < -0.39 is 18.0 Å². The summed E-state index contributed by atoms with van der Waals surface area (Å²) < 4.78 is 6.95. The lowest BCUT2D eigenvalue weighted by molar-refractivity contribution is -0.123. The van der Waals surface area contributed by atoms with Crippen LogP contribution in [0.5, 0.6) is 0 Å². The van der Waals surface area contributed by atoms with Gasteiger partial charge >= 0.3 is 5.97 Å². The summed E-state index contributed by atoms with van der Waals surface area (Å²) in [6.07, 6.45) is 0.569. The summed E-state index contributed by atoms with van der Waals surface area (Å²) in [4.78, 5) is 37.6. The van der Waals surface area contributed by atoms with Crippen molar-refractivity contribution in [2.24, 2.45) is 0 Å². The number of hydrogen-bond donors (Lipinski definition) is 2. The minimum absolute atomic E-state index is 0.0697. The van der Waals surface area contributed by atoms with Gasteiger partial charge in [0, 0.05) is 17.8 Å². The molecule has 2 aromatic heterocycles. The van der Waals surface area contributed by atoms with E-state index in [-0.39, 0.29) is 17.5 Å². The fraction of sp³-hybridized carbons (Fsp3) is 0.238. The zero-order valence-electron chi connectivity index (χ0n) is 16.8. The average molecular weight is 426 g/mol. The van der Waals surface area contributed by atoms with Gasteiger partial charge in [0.05, 0.1) is 16.6 Å². The quantitative estimate of drug-likeness (QED) is 0.557. The molecule has 0 radical (unpaired) electrons. The SMILES string of the molecule is CC(C)n1nccc1NC(=O)[C@H](C)OC(=O)c1cccc(NC(=O)c2cccs2)c1. The lowest BCUT2D eigenvalue weighted by Gasteiger charge is -2.16. The van der Waals surface area contributed by atoms with E-state index in [1.165, 1.54) is 24.3 Å². The first-order valence-corrected chi connectivity index (χ1v) is 10.2. The third-order valence-corrected chi connectivity index (χ3v) is 5.03. The molecule has 30 heavy (non-hydrogen) atoms. The van der Waals surface area contributed by atoms with E-state index in [9.17, 15) is 14.4 Å². The Bertz CT molecular complexity index is 1040. The van der Waals surface area contributed by atoms with Gasteiger partial charge in [-0.3, -0.25) is 9.59 Å². The number of thiophene rings is 1. The lowest BCUT2D eigenvalue weighted by atomic mass is 10.2. The number of rotatable bonds is 7. The van der Waals surface area contributed by atoms with Crippen LogP contribution < -0.4 is 10.6 Å². The maximum atomic E-state index is 12.5. The Labute approximate surface area is 177 Å². The predicted molar refractivity (Wildman–Crippen MR) is 115 cm³/mol. The lowest BCUT2D eigenvalue weighted by Crippen LogP contribution is -2.31. The van der Waals surface area contributed by atoms with Crippen molar-refractivity contribution < 1.29 is 19.1 Å². The Morgan fingerprint density at radius 1 is 1.07 bits per heavy atom. The van der Waals surface area contributed by atoms with Crippen molar-refractivity contribution in [3.63, 3.8) is 0 Å². The van der Waals surface area contributed by atoms with Crippen LogP contribution >= 0.6 is 11.3 Å². The Kier molecular flexibility index (Phi) is 6.63. The number of anilines is 2. The number of esters is 1. The second-order valence-corrected chi connectivity index (χ2v) is 7.75. The Balaban J connectivity index is 1.61. The van der Waals surface area contributed by atoms with Gasteiger partial charge in [-0.1, -0.05) is 12.1 Å². The Morgan fingerprint density at radius 2 is 1.87 bits per heavy atom. The van der Waals surface area contributed by atoms with Gasteiger partial charge in [0.2, 0.25) is 0 Å². The molecule has 0 fully saturated rings. The molecule has 3 rings (SSSR count). The summed E-state index contributed by atoms with van der Waals surface area (Å²) in [6, 6.07) is 11.6. The van der Waals surface area contributed by atoms with Crippen molar-refractivity contribution in [2.75, 3.05) is 10.6 Å². The maximum absolute atomic E-state index is 12.5. The largest absolute Gasteiger partial charge is 0.449 e. The molecule has 2 amide bonds. The summed E-state index contributed by atoms with van der Waals surface area (Å²) in [5, 5.41) is 11.4. The zero-order valence-corrected chi connectivity index (χ0v) is 17.6. The van der Waals surface area contributed by atoms with E-state index in [0.717, 1.165) is 0 Å². The molecule has 0 aliphatic heterocycles. The van der Waals surface area contributed by atoms with Gasteiger partial charge in [-0.05, 0) is 50.4 Å². The van der Waals surface area contributed by atoms with Crippen molar-refractivity contribution in [2.45, 2.75) is 32.9 Å². The monoisotopic (exact) mass is 426 g/mol. The van der Waals surface area contributed by atoms with Gasteiger partial charge in [-0.25, -0.2) is 9.48 Å². The minimum atomic E-state index is -1.02. The second-order valence-electron chi connectivity index (χ2n) is 6.80. The predicted octanol–water partition coefficient (Wildman–Crippen LogP) is 3.96. The highest BCUT2D eigenvalue weighted by Crippen LogP contribution is 2.17. The Morgan fingerprint density at radius 3 is 2.57 bits per heavy atom. The van der Waals surface area contributed by atoms with E-state index in [0.29, 0.717) is 16.4 Å². The average Bonchev–Trinajstić information content (AvgIpc) is 3.40. The van der Waals surface area contributed by atoms with Crippen molar-refractivity contribution in [3.05, 3.63) is 64.5 Å².